The Balaban J connectivity index is 1.91. The van der Waals surface area contributed by atoms with Crippen molar-refractivity contribution < 1.29 is 17.6 Å². The van der Waals surface area contributed by atoms with Gasteiger partial charge in [0.05, 0.1) is 0 Å². The molecule has 0 spiro atoms. The normalized spacial score (nSPS) is 12.8. The molecule has 154 valence electrons. The van der Waals surface area contributed by atoms with Gasteiger partial charge in [-0.2, -0.15) is 18.3 Å². The molecule has 0 saturated carbocycles. The van der Waals surface area contributed by atoms with Crippen molar-refractivity contribution in [3.8, 4) is 11.4 Å². The van der Waals surface area contributed by atoms with Crippen molar-refractivity contribution in [3.63, 3.8) is 0 Å². The summed E-state index contributed by atoms with van der Waals surface area (Å²) in [6.07, 6.45) is -2.26. The summed E-state index contributed by atoms with van der Waals surface area (Å²) in [4.78, 5) is 10.4. The highest BCUT2D eigenvalue weighted by Crippen LogP contribution is 2.31. The lowest BCUT2D eigenvalue weighted by Gasteiger charge is -2.17. The first kappa shape index (κ1) is 20.8. The maximum absolute atomic E-state index is 13.3. The third kappa shape index (κ3) is 4.90. The molecule has 1 aromatic carbocycles. The van der Waals surface area contributed by atoms with Crippen LogP contribution in [0.5, 0.6) is 0 Å². The van der Waals surface area contributed by atoms with Crippen LogP contribution in [0.2, 0.25) is 0 Å². The molecule has 0 amide bonds. The first-order valence-electron chi connectivity index (χ1n) is 9.05. The minimum absolute atomic E-state index is 0.188. The van der Waals surface area contributed by atoms with Crippen LogP contribution in [-0.4, -0.2) is 40.0 Å². The maximum atomic E-state index is 13.3. The SMILES string of the molecule is CC(n1nc(-c2ccc(N(C)C)nc2)nc1CCc1ccc(F)cc1)C(F)(F)F. The summed E-state index contributed by atoms with van der Waals surface area (Å²) in [6, 6.07) is 7.51. The third-order valence-corrected chi connectivity index (χ3v) is 4.56. The van der Waals surface area contributed by atoms with E-state index >= 15 is 0 Å². The van der Waals surface area contributed by atoms with E-state index in [1.54, 1.807) is 24.3 Å². The van der Waals surface area contributed by atoms with Gasteiger partial charge < -0.3 is 4.90 Å². The molecule has 5 nitrogen and oxygen atoms in total. The number of rotatable bonds is 6. The van der Waals surface area contributed by atoms with Gasteiger partial charge in [-0.1, -0.05) is 12.1 Å². The lowest BCUT2D eigenvalue weighted by Crippen LogP contribution is -2.26. The Hall–Kier alpha value is -2.97. The minimum atomic E-state index is -4.46. The number of pyridine rings is 1. The Kier molecular flexibility index (Phi) is 5.86. The summed E-state index contributed by atoms with van der Waals surface area (Å²) in [5, 5.41) is 4.12. The molecular weight excluding hydrogens is 386 g/mol. The van der Waals surface area contributed by atoms with Crippen molar-refractivity contribution in [2.45, 2.75) is 32.0 Å². The maximum Gasteiger partial charge on any atom is 0.410 e. The van der Waals surface area contributed by atoms with E-state index in [0.29, 0.717) is 17.8 Å². The average Bonchev–Trinajstić information content (AvgIpc) is 3.10. The summed E-state index contributed by atoms with van der Waals surface area (Å²) < 4.78 is 54.0. The molecule has 2 aromatic heterocycles. The summed E-state index contributed by atoms with van der Waals surface area (Å²) in [5.41, 5.74) is 1.34. The Morgan fingerprint density at radius 2 is 1.72 bits per heavy atom. The van der Waals surface area contributed by atoms with Gasteiger partial charge in [-0.05, 0) is 43.2 Å². The van der Waals surface area contributed by atoms with Crippen molar-refractivity contribution in [1.29, 1.82) is 0 Å². The lowest BCUT2D eigenvalue weighted by molar-refractivity contribution is -0.165. The molecule has 2 heterocycles. The second-order valence-corrected chi connectivity index (χ2v) is 6.94. The van der Waals surface area contributed by atoms with Crippen LogP contribution in [0, 0.1) is 5.82 Å². The first-order valence-corrected chi connectivity index (χ1v) is 9.05. The van der Waals surface area contributed by atoms with Gasteiger partial charge in [-0.3, -0.25) is 0 Å². The molecule has 0 bridgehead atoms. The Morgan fingerprint density at radius 3 is 2.28 bits per heavy atom. The number of aryl methyl sites for hydroxylation is 2. The lowest BCUT2D eigenvalue weighted by atomic mass is 10.1. The van der Waals surface area contributed by atoms with E-state index in [2.05, 4.69) is 15.1 Å². The number of anilines is 1. The fourth-order valence-electron chi connectivity index (χ4n) is 2.79. The Labute approximate surface area is 166 Å². The summed E-state index contributed by atoms with van der Waals surface area (Å²) >= 11 is 0. The van der Waals surface area contributed by atoms with E-state index in [9.17, 15) is 17.6 Å². The highest BCUT2D eigenvalue weighted by atomic mass is 19.4. The van der Waals surface area contributed by atoms with E-state index in [1.165, 1.54) is 18.3 Å². The van der Waals surface area contributed by atoms with Crippen LogP contribution in [-0.2, 0) is 12.8 Å². The molecule has 0 N–H and O–H groups in total. The molecule has 3 aromatic rings. The van der Waals surface area contributed by atoms with Crippen LogP contribution < -0.4 is 4.90 Å². The average molecular weight is 407 g/mol. The largest absolute Gasteiger partial charge is 0.410 e. The number of halogens is 4. The van der Waals surface area contributed by atoms with Crippen molar-refractivity contribution in [2.24, 2.45) is 0 Å². The van der Waals surface area contributed by atoms with Crippen LogP contribution in [0.15, 0.2) is 42.6 Å². The zero-order chi connectivity index (χ0) is 21.2. The number of hydrogen-bond donors (Lipinski definition) is 0. The molecule has 9 heteroatoms. The predicted octanol–water partition coefficient (Wildman–Crippen LogP) is 4.45. The van der Waals surface area contributed by atoms with Gasteiger partial charge in [0.15, 0.2) is 5.82 Å². The van der Waals surface area contributed by atoms with Crippen LogP contribution in [0.3, 0.4) is 0 Å². The molecule has 3 rings (SSSR count). The molecule has 0 radical (unpaired) electrons. The highest BCUT2D eigenvalue weighted by Gasteiger charge is 2.39. The van der Waals surface area contributed by atoms with E-state index in [1.807, 2.05) is 19.0 Å². The number of benzene rings is 1. The molecule has 0 aliphatic heterocycles. The second-order valence-electron chi connectivity index (χ2n) is 6.94. The van der Waals surface area contributed by atoms with Gasteiger partial charge in [-0.15, -0.1) is 0 Å². The quantitative estimate of drug-likeness (QED) is 0.567. The standard InChI is InChI=1S/C20H21F4N5/c1-13(20(22,23)24)29-18(10-6-14-4-8-16(21)9-5-14)26-19(27-29)15-7-11-17(25-12-15)28(2)3/h4-5,7-9,11-13H,6,10H2,1-3H3. The van der Waals surface area contributed by atoms with Crippen LogP contribution >= 0.6 is 0 Å². The number of hydrogen-bond acceptors (Lipinski definition) is 4. The van der Waals surface area contributed by atoms with Gasteiger partial charge >= 0.3 is 6.18 Å². The second kappa shape index (κ2) is 8.18. The summed E-state index contributed by atoms with van der Waals surface area (Å²) in [6.45, 7) is 1.05. The molecular formula is C20H21F4N5. The molecule has 1 unspecified atom stereocenters. The molecule has 0 fully saturated rings. The van der Waals surface area contributed by atoms with Gasteiger partial charge in [0.2, 0.25) is 0 Å². The van der Waals surface area contributed by atoms with Gasteiger partial charge in [0.25, 0.3) is 0 Å². The molecule has 29 heavy (non-hydrogen) atoms. The number of alkyl halides is 3. The minimum Gasteiger partial charge on any atom is -0.363 e. The predicted molar refractivity (Wildman–Crippen MR) is 102 cm³/mol. The topological polar surface area (TPSA) is 46.8 Å². The molecule has 1 atom stereocenters. The van der Waals surface area contributed by atoms with Gasteiger partial charge in [0.1, 0.15) is 23.5 Å². The van der Waals surface area contributed by atoms with Crippen LogP contribution in [0.4, 0.5) is 23.4 Å². The van der Waals surface area contributed by atoms with E-state index in [0.717, 1.165) is 17.2 Å². The number of aromatic nitrogens is 4. The van der Waals surface area contributed by atoms with E-state index < -0.39 is 12.2 Å². The zero-order valence-electron chi connectivity index (χ0n) is 16.3. The third-order valence-electron chi connectivity index (χ3n) is 4.56. The van der Waals surface area contributed by atoms with Crippen molar-refractivity contribution in [3.05, 3.63) is 59.8 Å². The highest BCUT2D eigenvalue weighted by molar-refractivity contribution is 5.56. The Morgan fingerprint density at radius 1 is 1.03 bits per heavy atom. The van der Waals surface area contributed by atoms with Gasteiger partial charge in [-0.25, -0.2) is 19.0 Å². The summed E-state index contributed by atoms with van der Waals surface area (Å²) in [7, 11) is 3.68. The van der Waals surface area contributed by atoms with Crippen molar-refractivity contribution in [1.82, 2.24) is 19.7 Å². The molecule has 0 saturated heterocycles. The first-order chi connectivity index (χ1) is 13.6. The fourth-order valence-corrected chi connectivity index (χ4v) is 2.79. The Bertz CT molecular complexity index is 946. The fraction of sp³-hybridized carbons (Fsp3) is 0.350. The molecule has 0 aliphatic rings. The monoisotopic (exact) mass is 407 g/mol. The van der Waals surface area contributed by atoms with Crippen molar-refractivity contribution in [2.75, 3.05) is 19.0 Å². The van der Waals surface area contributed by atoms with E-state index in [4.69, 9.17) is 0 Å². The van der Waals surface area contributed by atoms with Gasteiger partial charge in [0, 0.05) is 32.3 Å². The van der Waals surface area contributed by atoms with E-state index in [-0.39, 0.29) is 23.9 Å². The zero-order valence-corrected chi connectivity index (χ0v) is 16.3. The van der Waals surface area contributed by atoms with Crippen LogP contribution in [0.1, 0.15) is 24.4 Å². The number of nitrogens with zero attached hydrogens (tertiary/aromatic N) is 5. The van der Waals surface area contributed by atoms with Crippen LogP contribution in [0.25, 0.3) is 11.4 Å². The molecule has 0 aliphatic carbocycles. The smallest absolute Gasteiger partial charge is 0.363 e. The van der Waals surface area contributed by atoms with Crippen molar-refractivity contribution >= 4 is 5.82 Å². The summed E-state index contributed by atoms with van der Waals surface area (Å²) in [5.74, 6) is 0.755.